The minimum atomic E-state index is -0.183. The van der Waals surface area contributed by atoms with Crippen molar-refractivity contribution in [3.63, 3.8) is 0 Å². The van der Waals surface area contributed by atoms with E-state index in [2.05, 4.69) is 20.8 Å². The van der Waals surface area contributed by atoms with Crippen LogP contribution in [-0.4, -0.2) is 23.2 Å². The second-order valence-electron chi connectivity index (χ2n) is 6.10. The summed E-state index contributed by atoms with van der Waals surface area (Å²) in [5.41, 5.74) is 0.456. The van der Waals surface area contributed by atoms with Crippen LogP contribution < -0.4 is 0 Å². The zero-order valence-corrected chi connectivity index (χ0v) is 12.0. The Morgan fingerprint density at radius 2 is 1.47 bits per heavy atom. The van der Waals surface area contributed by atoms with E-state index in [4.69, 9.17) is 5.21 Å². The summed E-state index contributed by atoms with van der Waals surface area (Å²) in [6.07, 6.45) is 8.81. The van der Waals surface area contributed by atoms with Crippen molar-refractivity contribution in [1.29, 1.82) is 0 Å². The van der Waals surface area contributed by atoms with Crippen molar-refractivity contribution in [3.05, 3.63) is 0 Å². The van der Waals surface area contributed by atoms with E-state index in [1.54, 1.807) is 0 Å². The molecule has 0 aromatic heterocycles. The maximum Gasteiger partial charge on any atom is 0.245 e. The Bertz CT molecular complexity index is 207. The van der Waals surface area contributed by atoms with Gasteiger partial charge in [-0.3, -0.25) is 10.0 Å². The van der Waals surface area contributed by atoms with Crippen LogP contribution in [0.3, 0.4) is 0 Å². The van der Waals surface area contributed by atoms with Crippen LogP contribution in [0.4, 0.5) is 0 Å². The molecule has 0 radical (unpaired) electrons. The first-order valence-electron chi connectivity index (χ1n) is 6.78. The lowest BCUT2D eigenvalue weighted by atomic mass is 9.89. The third-order valence-corrected chi connectivity index (χ3v) is 2.93. The molecule has 1 N–H and O–H groups in total. The molecule has 0 bridgehead atoms. The second kappa shape index (κ2) is 8.51. The molecular weight excluding hydrogens is 214 g/mol. The summed E-state index contributed by atoms with van der Waals surface area (Å²) in [4.78, 5) is 11.1. The van der Waals surface area contributed by atoms with Crippen LogP contribution in [0, 0.1) is 5.41 Å². The average Bonchev–Trinajstić information content (AvgIpc) is 2.19. The zero-order chi connectivity index (χ0) is 13.3. The van der Waals surface area contributed by atoms with Crippen LogP contribution >= 0.6 is 0 Å². The molecule has 0 aliphatic rings. The van der Waals surface area contributed by atoms with E-state index < -0.39 is 0 Å². The van der Waals surface area contributed by atoms with Crippen molar-refractivity contribution in [2.24, 2.45) is 5.41 Å². The fourth-order valence-electron chi connectivity index (χ4n) is 1.80. The molecule has 17 heavy (non-hydrogen) atoms. The van der Waals surface area contributed by atoms with Crippen LogP contribution in [0.5, 0.6) is 0 Å². The SMILES string of the molecule is CN(O)C(=O)CCCCCCCCC(C)(C)C. The largest absolute Gasteiger partial charge is 0.286 e. The van der Waals surface area contributed by atoms with E-state index in [9.17, 15) is 4.79 Å². The average molecular weight is 243 g/mol. The summed E-state index contributed by atoms with van der Waals surface area (Å²) < 4.78 is 0. The van der Waals surface area contributed by atoms with Gasteiger partial charge in [0.15, 0.2) is 0 Å². The highest BCUT2D eigenvalue weighted by Gasteiger charge is 2.08. The number of carbonyl (C=O) groups is 1. The normalized spacial score (nSPS) is 11.6. The van der Waals surface area contributed by atoms with Gasteiger partial charge in [0.2, 0.25) is 5.91 Å². The minimum Gasteiger partial charge on any atom is -0.286 e. The molecule has 0 aliphatic heterocycles. The summed E-state index contributed by atoms with van der Waals surface area (Å²) in [5.74, 6) is -0.183. The first kappa shape index (κ1) is 16.4. The zero-order valence-electron chi connectivity index (χ0n) is 12.0. The number of unbranched alkanes of at least 4 members (excludes halogenated alkanes) is 5. The smallest absolute Gasteiger partial charge is 0.245 e. The van der Waals surface area contributed by atoms with Gasteiger partial charge in [0.25, 0.3) is 0 Å². The van der Waals surface area contributed by atoms with Gasteiger partial charge in [-0.1, -0.05) is 52.9 Å². The number of rotatable bonds is 8. The Kier molecular flexibility index (Phi) is 8.23. The van der Waals surface area contributed by atoms with Crippen molar-refractivity contribution in [2.75, 3.05) is 7.05 Å². The van der Waals surface area contributed by atoms with Crippen LogP contribution in [-0.2, 0) is 4.79 Å². The predicted octanol–water partition coefficient (Wildman–Crippen LogP) is 4.00. The number of nitrogens with zero attached hydrogens (tertiary/aromatic N) is 1. The number of hydrogen-bond acceptors (Lipinski definition) is 2. The van der Waals surface area contributed by atoms with Gasteiger partial charge >= 0.3 is 0 Å². The Hall–Kier alpha value is -0.570. The van der Waals surface area contributed by atoms with Gasteiger partial charge in [-0.05, 0) is 18.3 Å². The Labute approximate surface area is 106 Å². The van der Waals surface area contributed by atoms with Crippen LogP contribution in [0.1, 0.15) is 72.1 Å². The Balaban J connectivity index is 3.22. The first-order chi connectivity index (χ1) is 7.83. The molecule has 0 saturated carbocycles. The minimum absolute atomic E-state index is 0.183. The van der Waals surface area contributed by atoms with Gasteiger partial charge in [0, 0.05) is 13.5 Å². The van der Waals surface area contributed by atoms with Gasteiger partial charge in [0.1, 0.15) is 0 Å². The molecule has 0 fully saturated rings. The molecule has 3 heteroatoms. The van der Waals surface area contributed by atoms with E-state index >= 15 is 0 Å². The lowest BCUT2D eigenvalue weighted by molar-refractivity contribution is -0.159. The molecule has 0 spiro atoms. The monoisotopic (exact) mass is 243 g/mol. The van der Waals surface area contributed by atoms with E-state index in [-0.39, 0.29) is 5.91 Å². The van der Waals surface area contributed by atoms with E-state index in [0.717, 1.165) is 12.8 Å². The summed E-state index contributed by atoms with van der Waals surface area (Å²) in [5, 5.41) is 9.54. The van der Waals surface area contributed by atoms with Crippen LogP contribution in [0.25, 0.3) is 0 Å². The third-order valence-electron chi connectivity index (χ3n) is 2.93. The topological polar surface area (TPSA) is 40.5 Å². The fraction of sp³-hybridized carbons (Fsp3) is 0.929. The molecular formula is C14H29NO2. The second-order valence-corrected chi connectivity index (χ2v) is 6.10. The molecule has 0 rings (SSSR count). The summed E-state index contributed by atoms with van der Waals surface area (Å²) in [6, 6.07) is 0. The fourth-order valence-corrected chi connectivity index (χ4v) is 1.80. The molecule has 0 saturated heterocycles. The highest BCUT2D eigenvalue weighted by molar-refractivity contribution is 5.74. The standard InChI is InChI=1S/C14H29NO2/c1-14(2,3)12-10-8-6-5-7-9-11-13(16)15(4)17/h17H,5-12H2,1-4H3. The molecule has 0 aromatic rings. The van der Waals surface area contributed by atoms with Crippen LogP contribution in [0.15, 0.2) is 0 Å². The molecule has 0 atom stereocenters. The Morgan fingerprint density at radius 3 is 1.94 bits per heavy atom. The van der Waals surface area contributed by atoms with E-state index in [0.29, 0.717) is 16.9 Å². The molecule has 0 heterocycles. The first-order valence-corrected chi connectivity index (χ1v) is 6.78. The highest BCUT2D eigenvalue weighted by atomic mass is 16.5. The molecule has 0 aromatic carbocycles. The lowest BCUT2D eigenvalue weighted by Crippen LogP contribution is -2.21. The molecule has 0 unspecified atom stereocenters. The van der Waals surface area contributed by atoms with Crippen molar-refractivity contribution < 1.29 is 10.0 Å². The molecule has 1 amide bonds. The van der Waals surface area contributed by atoms with Crippen molar-refractivity contribution >= 4 is 5.91 Å². The summed E-state index contributed by atoms with van der Waals surface area (Å²) in [6.45, 7) is 6.85. The quantitative estimate of drug-likeness (QED) is 0.397. The molecule has 102 valence electrons. The summed E-state index contributed by atoms with van der Waals surface area (Å²) >= 11 is 0. The number of amides is 1. The Morgan fingerprint density at radius 1 is 1.00 bits per heavy atom. The van der Waals surface area contributed by atoms with Crippen molar-refractivity contribution in [1.82, 2.24) is 5.06 Å². The molecule has 0 aliphatic carbocycles. The third kappa shape index (κ3) is 11.7. The number of hydroxylamine groups is 2. The van der Waals surface area contributed by atoms with E-state index in [1.807, 2.05) is 0 Å². The predicted molar refractivity (Wildman–Crippen MR) is 70.9 cm³/mol. The highest BCUT2D eigenvalue weighted by Crippen LogP contribution is 2.22. The van der Waals surface area contributed by atoms with Gasteiger partial charge in [0.05, 0.1) is 0 Å². The maximum absolute atomic E-state index is 11.1. The van der Waals surface area contributed by atoms with Crippen molar-refractivity contribution in [2.45, 2.75) is 72.1 Å². The van der Waals surface area contributed by atoms with Gasteiger partial charge in [-0.15, -0.1) is 0 Å². The van der Waals surface area contributed by atoms with Gasteiger partial charge in [-0.2, -0.15) is 0 Å². The summed E-state index contributed by atoms with van der Waals surface area (Å²) in [7, 11) is 1.38. The van der Waals surface area contributed by atoms with Gasteiger partial charge < -0.3 is 0 Å². The number of hydrogen-bond donors (Lipinski definition) is 1. The van der Waals surface area contributed by atoms with Gasteiger partial charge in [-0.25, -0.2) is 5.06 Å². The molecule has 3 nitrogen and oxygen atoms in total. The van der Waals surface area contributed by atoms with E-state index in [1.165, 1.54) is 39.2 Å². The van der Waals surface area contributed by atoms with Crippen LogP contribution in [0.2, 0.25) is 0 Å². The number of carbonyl (C=O) groups excluding carboxylic acids is 1. The lowest BCUT2D eigenvalue weighted by Gasteiger charge is -2.17. The maximum atomic E-state index is 11.1. The van der Waals surface area contributed by atoms with Crippen molar-refractivity contribution in [3.8, 4) is 0 Å².